The number of ether oxygens (including phenoxy) is 1. The minimum absolute atomic E-state index is 0.0211. The van der Waals surface area contributed by atoms with Gasteiger partial charge in [-0.15, -0.1) is 0 Å². The van der Waals surface area contributed by atoms with E-state index in [0.29, 0.717) is 26.0 Å². The Kier molecular flexibility index (Phi) is 9.95. The third-order valence-corrected chi connectivity index (χ3v) is 4.14. The van der Waals surface area contributed by atoms with E-state index in [0.717, 1.165) is 11.3 Å². The highest BCUT2D eigenvalue weighted by atomic mass is 32.2. The molecule has 2 atom stereocenters. The molecule has 0 saturated heterocycles. The van der Waals surface area contributed by atoms with E-state index in [1.165, 1.54) is 0 Å². The molecule has 0 aromatic heterocycles. The molecule has 24 heavy (non-hydrogen) atoms. The fraction of sp³-hybridized carbons (Fsp3) is 0.529. The van der Waals surface area contributed by atoms with Crippen molar-refractivity contribution in [2.75, 3.05) is 25.2 Å². The Morgan fingerprint density at radius 3 is 2.62 bits per heavy atom. The lowest BCUT2D eigenvalue weighted by atomic mass is 10.1. The fourth-order valence-corrected chi connectivity index (χ4v) is 2.63. The molecule has 1 aromatic rings. The van der Waals surface area contributed by atoms with Gasteiger partial charge in [-0.2, -0.15) is 11.8 Å². The first kappa shape index (κ1) is 20.3. The Morgan fingerprint density at radius 2 is 2.00 bits per heavy atom. The highest BCUT2D eigenvalue weighted by Crippen LogP contribution is 2.15. The van der Waals surface area contributed by atoms with Gasteiger partial charge in [0.1, 0.15) is 6.04 Å². The molecule has 0 radical (unpaired) electrons. The Bertz CT molecular complexity index is 499. The van der Waals surface area contributed by atoms with Gasteiger partial charge >= 0.3 is 6.03 Å². The number of nitrogens with one attached hydrogen (secondary N) is 2. The van der Waals surface area contributed by atoms with Crippen molar-refractivity contribution in [1.29, 1.82) is 0 Å². The molecule has 1 aromatic carbocycles. The van der Waals surface area contributed by atoms with Gasteiger partial charge in [0.05, 0.1) is 6.10 Å². The molecule has 3 amide bonds. The van der Waals surface area contributed by atoms with Gasteiger partial charge in [-0.1, -0.05) is 30.3 Å². The SMILES string of the molecule is CSCC[C@@H](NC(N)=O)C(=O)NCCCO[C@@H](C)c1ccccc1. The van der Waals surface area contributed by atoms with Crippen LogP contribution in [0.2, 0.25) is 0 Å². The number of carbonyl (C=O) groups is 2. The zero-order valence-electron chi connectivity index (χ0n) is 14.3. The molecule has 4 N–H and O–H groups in total. The molecule has 6 nitrogen and oxygen atoms in total. The highest BCUT2D eigenvalue weighted by Gasteiger charge is 2.18. The van der Waals surface area contributed by atoms with Crippen LogP contribution in [0.1, 0.15) is 31.4 Å². The summed E-state index contributed by atoms with van der Waals surface area (Å²) in [5.74, 6) is 0.565. The van der Waals surface area contributed by atoms with E-state index in [1.807, 2.05) is 43.5 Å². The predicted octanol–water partition coefficient (Wildman–Crippen LogP) is 2.06. The summed E-state index contributed by atoms with van der Waals surface area (Å²) in [6.45, 7) is 3.05. The van der Waals surface area contributed by atoms with Crippen molar-refractivity contribution < 1.29 is 14.3 Å². The molecule has 0 heterocycles. The second-order valence-electron chi connectivity index (χ2n) is 5.41. The van der Waals surface area contributed by atoms with Crippen molar-refractivity contribution in [3.63, 3.8) is 0 Å². The van der Waals surface area contributed by atoms with Crippen molar-refractivity contribution in [2.24, 2.45) is 5.73 Å². The van der Waals surface area contributed by atoms with Crippen molar-refractivity contribution in [1.82, 2.24) is 10.6 Å². The van der Waals surface area contributed by atoms with Crippen molar-refractivity contribution >= 4 is 23.7 Å². The molecule has 0 unspecified atom stereocenters. The smallest absolute Gasteiger partial charge is 0.312 e. The molecule has 0 aliphatic heterocycles. The standard InChI is InChI=1S/C17H27N3O3S/c1-13(14-7-4-3-5-8-14)23-11-6-10-19-16(21)15(9-12-24-2)20-17(18)22/h3-5,7-8,13,15H,6,9-12H2,1-2H3,(H,19,21)(H3,18,20,22)/t13-,15+/m0/s1. The lowest BCUT2D eigenvalue weighted by Gasteiger charge is -2.17. The van der Waals surface area contributed by atoms with Crippen LogP contribution in [0.25, 0.3) is 0 Å². The molecule has 0 bridgehead atoms. The zero-order valence-corrected chi connectivity index (χ0v) is 15.1. The second-order valence-corrected chi connectivity index (χ2v) is 6.40. The maximum atomic E-state index is 12.1. The van der Waals surface area contributed by atoms with Crippen molar-refractivity contribution in [2.45, 2.75) is 31.9 Å². The number of thioether (sulfide) groups is 1. The normalized spacial score (nSPS) is 13.1. The molecule has 7 heteroatoms. The summed E-state index contributed by atoms with van der Waals surface area (Å²) in [5.41, 5.74) is 6.24. The predicted molar refractivity (Wildman–Crippen MR) is 97.9 cm³/mol. The zero-order chi connectivity index (χ0) is 17.8. The van der Waals surface area contributed by atoms with E-state index in [2.05, 4.69) is 10.6 Å². The third kappa shape index (κ3) is 8.21. The molecule has 134 valence electrons. The van der Waals surface area contributed by atoms with E-state index in [-0.39, 0.29) is 12.0 Å². The molecule has 0 aliphatic rings. The highest BCUT2D eigenvalue weighted by molar-refractivity contribution is 7.98. The number of amides is 3. The van der Waals surface area contributed by atoms with E-state index >= 15 is 0 Å². The van der Waals surface area contributed by atoms with E-state index in [1.54, 1.807) is 11.8 Å². The van der Waals surface area contributed by atoms with Gasteiger partial charge in [0.25, 0.3) is 0 Å². The van der Waals surface area contributed by atoms with Crippen LogP contribution < -0.4 is 16.4 Å². The van der Waals surface area contributed by atoms with Gasteiger partial charge < -0.3 is 21.1 Å². The van der Waals surface area contributed by atoms with Crippen molar-refractivity contribution in [3.8, 4) is 0 Å². The molecular weight excluding hydrogens is 326 g/mol. The maximum absolute atomic E-state index is 12.1. The summed E-state index contributed by atoms with van der Waals surface area (Å²) in [5, 5.41) is 5.29. The quantitative estimate of drug-likeness (QED) is 0.531. The summed E-state index contributed by atoms with van der Waals surface area (Å²) in [6, 6.07) is 8.72. The van der Waals surface area contributed by atoms with Crippen LogP contribution in [-0.4, -0.2) is 43.1 Å². The molecule has 0 fully saturated rings. The van der Waals surface area contributed by atoms with Crippen LogP contribution in [0.5, 0.6) is 0 Å². The Labute approximate surface area is 147 Å². The summed E-state index contributed by atoms with van der Waals surface area (Å²) in [7, 11) is 0. The number of urea groups is 1. The third-order valence-electron chi connectivity index (χ3n) is 3.50. The van der Waals surface area contributed by atoms with Crippen molar-refractivity contribution in [3.05, 3.63) is 35.9 Å². The van der Waals surface area contributed by atoms with Gasteiger partial charge in [-0.05, 0) is 37.3 Å². The summed E-state index contributed by atoms with van der Waals surface area (Å²) in [6.07, 6.45) is 3.23. The van der Waals surface area contributed by atoms with Crippen LogP contribution >= 0.6 is 11.8 Å². The number of primary amides is 1. The molecule has 0 saturated carbocycles. The summed E-state index contributed by atoms with van der Waals surface area (Å²) < 4.78 is 5.76. The second kappa shape index (κ2) is 11.8. The Morgan fingerprint density at radius 1 is 1.29 bits per heavy atom. The largest absolute Gasteiger partial charge is 0.374 e. The van der Waals surface area contributed by atoms with E-state index < -0.39 is 12.1 Å². The first-order valence-electron chi connectivity index (χ1n) is 8.03. The molecular formula is C17H27N3O3S. The Hall–Kier alpha value is -1.73. The fourth-order valence-electron chi connectivity index (χ4n) is 2.16. The van der Waals surface area contributed by atoms with Crippen LogP contribution in [0.3, 0.4) is 0 Å². The number of benzene rings is 1. The minimum Gasteiger partial charge on any atom is -0.374 e. The van der Waals surface area contributed by atoms with Crippen LogP contribution in [-0.2, 0) is 9.53 Å². The topological polar surface area (TPSA) is 93.5 Å². The summed E-state index contributed by atoms with van der Waals surface area (Å²) >= 11 is 1.62. The lowest BCUT2D eigenvalue weighted by molar-refractivity contribution is -0.123. The average Bonchev–Trinajstić information content (AvgIpc) is 2.58. The number of rotatable bonds is 11. The summed E-state index contributed by atoms with van der Waals surface area (Å²) in [4.78, 5) is 23.0. The number of hydrogen-bond donors (Lipinski definition) is 3. The van der Waals surface area contributed by atoms with E-state index in [4.69, 9.17) is 10.5 Å². The molecule has 1 rings (SSSR count). The Balaban J connectivity index is 2.24. The van der Waals surface area contributed by atoms with Crippen LogP contribution in [0, 0.1) is 0 Å². The maximum Gasteiger partial charge on any atom is 0.312 e. The van der Waals surface area contributed by atoms with Crippen LogP contribution in [0.4, 0.5) is 4.79 Å². The minimum atomic E-state index is -0.684. The van der Waals surface area contributed by atoms with Gasteiger partial charge in [0, 0.05) is 13.2 Å². The number of hydrogen-bond acceptors (Lipinski definition) is 4. The molecule has 0 spiro atoms. The number of nitrogens with two attached hydrogens (primary N) is 1. The average molecular weight is 353 g/mol. The van der Waals surface area contributed by atoms with Gasteiger partial charge in [-0.3, -0.25) is 4.79 Å². The number of carbonyl (C=O) groups excluding carboxylic acids is 2. The first-order chi connectivity index (χ1) is 11.5. The lowest BCUT2D eigenvalue weighted by Crippen LogP contribution is -2.49. The van der Waals surface area contributed by atoms with Gasteiger partial charge in [0.2, 0.25) is 5.91 Å². The van der Waals surface area contributed by atoms with Gasteiger partial charge in [-0.25, -0.2) is 4.79 Å². The molecule has 0 aliphatic carbocycles. The van der Waals surface area contributed by atoms with E-state index in [9.17, 15) is 9.59 Å². The monoisotopic (exact) mass is 353 g/mol. The van der Waals surface area contributed by atoms with Crippen LogP contribution in [0.15, 0.2) is 30.3 Å². The first-order valence-corrected chi connectivity index (χ1v) is 9.43. The van der Waals surface area contributed by atoms with Gasteiger partial charge in [0.15, 0.2) is 0 Å².